The number of nitrogens with one attached hydrogen (secondary N) is 1. The van der Waals surface area contributed by atoms with E-state index in [2.05, 4.69) is 15.5 Å². The molecule has 1 aromatic rings. The van der Waals surface area contributed by atoms with Crippen LogP contribution in [-0.2, 0) is 29.0 Å². The minimum absolute atomic E-state index is 0.202. The molecule has 2 aliphatic heterocycles. The van der Waals surface area contributed by atoms with E-state index in [4.69, 9.17) is 9.15 Å². The predicted molar refractivity (Wildman–Crippen MR) is 105 cm³/mol. The summed E-state index contributed by atoms with van der Waals surface area (Å²) >= 11 is 2.33. The topological polar surface area (TPSA) is 169 Å². The molecule has 1 aromatic heterocycles. The number of thioether (sulfide) groups is 2. The van der Waals surface area contributed by atoms with Gasteiger partial charge in [0.15, 0.2) is 9.84 Å². The molecule has 0 aliphatic carbocycles. The van der Waals surface area contributed by atoms with Crippen LogP contribution in [0.15, 0.2) is 20.9 Å². The number of aromatic nitrogens is 2. The Bertz CT molecular complexity index is 1040. The van der Waals surface area contributed by atoms with E-state index >= 15 is 0 Å². The van der Waals surface area contributed by atoms with Gasteiger partial charge in [-0.3, -0.25) is 14.5 Å². The van der Waals surface area contributed by atoms with Crippen LogP contribution in [0.4, 0.5) is 0 Å². The summed E-state index contributed by atoms with van der Waals surface area (Å²) in [5, 5.41) is 19.0. The molecule has 15 heteroatoms. The van der Waals surface area contributed by atoms with Crippen LogP contribution in [0.2, 0.25) is 0 Å². The third-order valence-electron chi connectivity index (χ3n) is 4.23. The maximum atomic E-state index is 12.9. The number of amides is 2. The Hall–Kier alpha value is -2.10. The van der Waals surface area contributed by atoms with Crippen LogP contribution in [0.3, 0.4) is 0 Å². The number of β-lactam (4-membered cyclic amide) rings is 1. The van der Waals surface area contributed by atoms with Crippen molar-refractivity contribution in [3.8, 4) is 0 Å². The van der Waals surface area contributed by atoms with Gasteiger partial charge in [0.1, 0.15) is 16.8 Å². The highest BCUT2D eigenvalue weighted by Gasteiger charge is 2.66. The van der Waals surface area contributed by atoms with Gasteiger partial charge in [0, 0.05) is 31.8 Å². The van der Waals surface area contributed by atoms with Crippen LogP contribution in [0.25, 0.3) is 0 Å². The van der Waals surface area contributed by atoms with E-state index in [1.54, 1.807) is 6.92 Å². The Labute approximate surface area is 179 Å². The lowest BCUT2D eigenvalue weighted by Crippen LogP contribution is -2.81. The Morgan fingerprint density at radius 3 is 2.70 bits per heavy atom. The first-order chi connectivity index (χ1) is 14.0. The van der Waals surface area contributed by atoms with E-state index < -0.39 is 44.5 Å². The molecule has 30 heavy (non-hydrogen) atoms. The lowest BCUT2D eigenvalue weighted by Gasteiger charge is -2.55. The van der Waals surface area contributed by atoms with Crippen molar-refractivity contribution in [1.82, 2.24) is 20.4 Å². The number of carbonyl (C=O) groups is 3. The quantitative estimate of drug-likeness (QED) is 0.272. The van der Waals surface area contributed by atoms with Crippen LogP contribution in [-0.4, -0.2) is 88.1 Å². The van der Waals surface area contributed by atoms with Crippen molar-refractivity contribution in [2.24, 2.45) is 0 Å². The first-order valence-corrected chi connectivity index (χ1v) is 12.5. The lowest BCUT2D eigenvalue weighted by molar-refractivity contribution is -0.192. The molecule has 0 bridgehead atoms. The number of carbonyl (C=O) groups excluding carboxylic acids is 2. The number of aryl methyl sites for hydroxylation is 1. The number of ether oxygens (including phenoxy) is 1. The summed E-state index contributed by atoms with van der Waals surface area (Å²) in [6.07, 6.45) is 0.885. The summed E-state index contributed by atoms with van der Waals surface area (Å²) in [7, 11) is -2.44. The highest BCUT2D eigenvalue weighted by Crippen LogP contribution is 2.47. The zero-order chi connectivity index (χ0) is 22.3. The molecule has 2 N–H and O–H groups in total. The summed E-state index contributed by atoms with van der Waals surface area (Å²) in [6, 6.07) is 0. The number of methoxy groups -OCH3 is 1. The second-order valence-corrected chi connectivity index (χ2v) is 10.7. The molecule has 2 amide bonds. The van der Waals surface area contributed by atoms with Crippen LogP contribution < -0.4 is 5.32 Å². The fourth-order valence-corrected chi connectivity index (χ4v) is 5.95. The normalized spacial score (nSPS) is 23.8. The smallest absolute Gasteiger partial charge is 0.352 e. The van der Waals surface area contributed by atoms with E-state index in [-0.39, 0.29) is 22.4 Å². The maximum Gasteiger partial charge on any atom is 0.352 e. The van der Waals surface area contributed by atoms with Gasteiger partial charge >= 0.3 is 5.97 Å². The Morgan fingerprint density at radius 2 is 2.17 bits per heavy atom. The lowest BCUT2D eigenvalue weighted by atomic mass is 9.98. The molecule has 1 saturated heterocycles. The van der Waals surface area contributed by atoms with Crippen LogP contribution >= 0.6 is 23.5 Å². The molecule has 164 valence electrons. The summed E-state index contributed by atoms with van der Waals surface area (Å²) in [4.78, 5) is 37.9. The van der Waals surface area contributed by atoms with Gasteiger partial charge in [0.05, 0.1) is 0 Å². The number of carboxylic acids is 1. The van der Waals surface area contributed by atoms with Crippen molar-refractivity contribution in [2.75, 3.05) is 30.6 Å². The van der Waals surface area contributed by atoms with Gasteiger partial charge in [-0.2, -0.15) is 0 Å². The number of nitrogens with zero attached hydrogens (tertiary/aromatic N) is 3. The van der Waals surface area contributed by atoms with Crippen molar-refractivity contribution in [3.05, 3.63) is 17.2 Å². The highest BCUT2D eigenvalue weighted by atomic mass is 32.2. The molecule has 1 fully saturated rings. The van der Waals surface area contributed by atoms with Gasteiger partial charge in [-0.05, 0) is 5.57 Å². The van der Waals surface area contributed by atoms with Gasteiger partial charge in [-0.25, -0.2) is 13.2 Å². The number of hydrogen-bond donors (Lipinski definition) is 2. The summed E-state index contributed by atoms with van der Waals surface area (Å²) < 4.78 is 33.2. The van der Waals surface area contributed by atoms with E-state index in [1.165, 1.54) is 18.9 Å². The predicted octanol–water partition coefficient (Wildman–Crippen LogP) is -0.773. The molecule has 0 spiro atoms. The number of hydrogen-bond acceptors (Lipinski definition) is 11. The molecule has 3 heterocycles. The van der Waals surface area contributed by atoms with Crippen molar-refractivity contribution in [2.45, 2.75) is 23.2 Å². The molecular weight excluding hydrogens is 460 g/mol. The SMILES string of the molecule is CO[C@@]1(NC(=O)CS(C)(=O)=O)C(=O)N2C(C(=O)O)=C(CSc3nnc(C)o3)CS[C@H]21. The van der Waals surface area contributed by atoms with E-state index in [9.17, 15) is 27.9 Å². The minimum Gasteiger partial charge on any atom is -0.477 e. The average molecular weight is 479 g/mol. The molecule has 0 unspecified atom stereocenters. The molecule has 3 rings (SSSR count). The second-order valence-electron chi connectivity index (χ2n) is 6.53. The van der Waals surface area contributed by atoms with Gasteiger partial charge in [0.2, 0.25) is 11.8 Å². The van der Waals surface area contributed by atoms with Crippen LogP contribution in [0, 0.1) is 6.92 Å². The molecule has 0 saturated carbocycles. The van der Waals surface area contributed by atoms with Gasteiger partial charge in [-0.1, -0.05) is 11.8 Å². The third-order valence-corrected chi connectivity index (χ3v) is 7.30. The monoisotopic (exact) mass is 478 g/mol. The number of sulfone groups is 1. The highest BCUT2D eigenvalue weighted by molar-refractivity contribution is 8.01. The number of aliphatic carboxylic acids is 1. The van der Waals surface area contributed by atoms with Gasteiger partial charge < -0.3 is 19.6 Å². The fourth-order valence-electron chi connectivity index (χ4n) is 3.02. The van der Waals surface area contributed by atoms with Crippen molar-refractivity contribution < 1.29 is 37.1 Å². The zero-order valence-corrected chi connectivity index (χ0v) is 18.5. The van der Waals surface area contributed by atoms with Crippen LogP contribution in [0.5, 0.6) is 0 Å². The maximum absolute atomic E-state index is 12.9. The van der Waals surface area contributed by atoms with Crippen LogP contribution in [0.1, 0.15) is 5.89 Å². The molecule has 2 aliphatic rings. The largest absolute Gasteiger partial charge is 0.477 e. The molecule has 0 aromatic carbocycles. The standard InChI is InChI=1S/C15H18N4O8S3/c1-7-17-18-14(27-7)29-5-8-4-28-13-15(26-2,16-9(20)6-30(3,24)25)12(23)19(13)10(8)11(21)22/h13H,4-6H2,1-3H3,(H,16,20)(H,21,22)/t13-,15-/m0/s1. The summed E-state index contributed by atoms with van der Waals surface area (Å²) in [6.45, 7) is 1.63. The first kappa shape index (κ1) is 22.6. The van der Waals surface area contributed by atoms with Gasteiger partial charge in [0.25, 0.3) is 16.9 Å². The molecule has 2 atom stereocenters. The van der Waals surface area contributed by atoms with Crippen molar-refractivity contribution >= 4 is 51.1 Å². The Kier molecular flexibility index (Phi) is 6.18. The third kappa shape index (κ3) is 4.19. The number of carboxylic acid groups (broad SMARTS) is 1. The van der Waals surface area contributed by atoms with E-state index in [0.717, 1.165) is 22.9 Å². The average Bonchev–Trinajstić information content (AvgIpc) is 3.06. The van der Waals surface area contributed by atoms with Crippen molar-refractivity contribution in [3.63, 3.8) is 0 Å². The zero-order valence-electron chi connectivity index (χ0n) is 16.1. The summed E-state index contributed by atoms with van der Waals surface area (Å²) in [5.41, 5.74) is -1.59. The first-order valence-electron chi connectivity index (χ1n) is 8.36. The van der Waals surface area contributed by atoms with Gasteiger partial charge in [-0.15, -0.1) is 22.0 Å². The van der Waals surface area contributed by atoms with E-state index in [1.807, 2.05) is 0 Å². The number of fused-ring (bicyclic) bond motifs is 1. The molecular formula is C15H18N4O8S3. The molecule has 0 radical (unpaired) electrons. The fraction of sp³-hybridized carbons (Fsp3) is 0.533. The van der Waals surface area contributed by atoms with E-state index in [0.29, 0.717) is 11.5 Å². The molecule has 12 nitrogen and oxygen atoms in total. The minimum atomic E-state index is -3.63. The Morgan fingerprint density at radius 1 is 1.47 bits per heavy atom. The Balaban J connectivity index is 1.82. The second kappa shape index (κ2) is 8.20. The summed E-state index contributed by atoms with van der Waals surface area (Å²) in [5.74, 6) is -3.03. The number of rotatable bonds is 8. The van der Waals surface area contributed by atoms with Crippen molar-refractivity contribution in [1.29, 1.82) is 0 Å².